The van der Waals surface area contributed by atoms with E-state index in [1.165, 1.54) is 24.8 Å². The van der Waals surface area contributed by atoms with Crippen molar-refractivity contribution in [2.45, 2.75) is 64.3 Å². The summed E-state index contributed by atoms with van der Waals surface area (Å²) in [5, 5.41) is 3.65. The van der Waals surface area contributed by atoms with Crippen LogP contribution in [0.1, 0.15) is 63.5 Å². The fourth-order valence-corrected chi connectivity index (χ4v) is 6.87. The number of hydrogen-bond acceptors (Lipinski definition) is 3. The van der Waals surface area contributed by atoms with Crippen LogP contribution < -0.4 is 10.1 Å². The van der Waals surface area contributed by atoms with E-state index in [1.54, 1.807) is 7.11 Å². The van der Waals surface area contributed by atoms with Crippen molar-refractivity contribution in [2.24, 2.45) is 23.2 Å². The second kappa shape index (κ2) is 5.86. The molecule has 0 atom stereocenters. The first-order valence-electron chi connectivity index (χ1n) is 10.6. The second-order valence-corrected chi connectivity index (χ2v) is 10.3. The van der Waals surface area contributed by atoms with Gasteiger partial charge in [0.15, 0.2) is 5.78 Å². The van der Waals surface area contributed by atoms with Crippen LogP contribution in [0.2, 0.25) is 0 Å². The lowest BCUT2D eigenvalue weighted by Gasteiger charge is -2.55. The summed E-state index contributed by atoms with van der Waals surface area (Å²) in [5.41, 5.74) is 3.30. The molecule has 0 amide bonds. The molecule has 27 heavy (non-hydrogen) atoms. The van der Waals surface area contributed by atoms with Crippen LogP contribution in [-0.2, 0) is 11.2 Å². The highest BCUT2D eigenvalue weighted by Gasteiger charge is 2.54. The second-order valence-electron chi connectivity index (χ2n) is 10.3. The molecule has 1 aromatic rings. The minimum absolute atomic E-state index is 0.0626. The number of methoxy groups -OCH3 is 1. The molecule has 0 saturated heterocycles. The van der Waals surface area contributed by atoms with Crippen molar-refractivity contribution in [1.29, 1.82) is 0 Å². The van der Waals surface area contributed by atoms with Gasteiger partial charge in [-0.05, 0) is 100 Å². The van der Waals surface area contributed by atoms with Gasteiger partial charge in [-0.25, -0.2) is 0 Å². The highest BCUT2D eigenvalue weighted by Crippen LogP contribution is 2.60. The Balaban J connectivity index is 1.51. The molecule has 1 aliphatic heterocycles. The van der Waals surface area contributed by atoms with Crippen molar-refractivity contribution in [1.82, 2.24) is 5.32 Å². The van der Waals surface area contributed by atoms with Crippen LogP contribution in [0, 0.1) is 23.2 Å². The number of ketones is 1. The maximum absolute atomic E-state index is 13.6. The van der Waals surface area contributed by atoms with Crippen molar-refractivity contribution >= 4 is 11.5 Å². The van der Waals surface area contributed by atoms with Gasteiger partial charge in [-0.15, -0.1) is 0 Å². The Kier molecular flexibility index (Phi) is 3.76. The van der Waals surface area contributed by atoms with E-state index in [0.29, 0.717) is 5.78 Å². The van der Waals surface area contributed by atoms with E-state index >= 15 is 0 Å². The van der Waals surface area contributed by atoms with Crippen molar-refractivity contribution in [3.63, 3.8) is 0 Å². The van der Waals surface area contributed by atoms with E-state index in [-0.39, 0.29) is 11.0 Å². The lowest BCUT2D eigenvalue weighted by Crippen LogP contribution is -2.50. The van der Waals surface area contributed by atoms with Gasteiger partial charge in [-0.2, -0.15) is 0 Å². The third-order valence-corrected chi connectivity index (χ3v) is 7.54. The Morgan fingerprint density at radius 3 is 2.33 bits per heavy atom. The quantitative estimate of drug-likeness (QED) is 0.786. The first-order chi connectivity index (χ1) is 12.9. The summed E-state index contributed by atoms with van der Waals surface area (Å²) in [6, 6.07) is 6.23. The summed E-state index contributed by atoms with van der Waals surface area (Å²) in [6.07, 6.45) is 10.4. The largest absolute Gasteiger partial charge is 0.497 e. The molecule has 1 aromatic carbocycles. The van der Waals surface area contributed by atoms with Gasteiger partial charge < -0.3 is 10.1 Å². The Hall–Kier alpha value is -1.77. The molecule has 0 radical (unpaired) electrons. The van der Waals surface area contributed by atoms with Gasteiger partial charge in [0.1, 0.15) is 5.75 Å². The normalized spacial score (nSPS) is 37.0. The zero-order valence-corrected chi connectivity index (χ0v) is 16.8. The zero-order valence-electron chi connectivity index (χ0n) is 16.8. The number of rotatable bonds is 3. The van der Waals surface area contributed by atoms with Crippen LogP contribution in [0.3, 0.4) is 0 Å². The third-order valence-electron chi connectivity index (χ3n) is 7.54. The monoisotopic (exact) mass is 365 g/mol. The Bertz CT molecular complexity index is 784. The number of fused-ring (bicyclic) bond motifs is 1. The Morgan fingerprint density at radius 2 is 1.74 bits per heavy atom. The molecular formula is C24H31NO2. The standard InChI is InChI=1S/C24H31NO2/c1-23(2)14-18-9-19(27-3)4-5-20(18)21(25-23)10-22(26)24-11-15-6-16(12-24)8-17(7-15)13-24/h4-5,9-10,15-17,25H,6-8,11-14H2,1-3H3/b21-10-. The summed E-state index contributed by atoms with van der Waals surface area (Å²) >= 11 is 0. The molecule has 0 unspecified atom stereocenters. The van der Waals surface area contributed by atoms with Gasteiger partial charge in [0.2, 0.25) is 0 Å². The summed E-state index contributed by atoms with van der Waals surface area (Å²) in [7, 11) is 1.71. The maximum Gasteiger partial charge on any atom is 0.163 e. The average Bonchev–Trinajstić information content (AvgIpc) is 2.59. The highest BCUT2D eigenvalue weighted by atomic mass is 16.5. The van der Waals surface area contributed by atoms with Crippen LogP contribution >= 0.6 is 0 Å². The van der Waals surface area contributed by atoms with Crippen molar-refractivity contribution < 1.29 is 9.53 Å². The highest BCUT2D eigenvalue weighted by molar-refractivity contribution is 6.01. The molecule has 1 N–H and O–H groups in total. The molecule has 3 nitrogen and oxygen atoms in total. The predicted octanol–water partition coefficient (Wildman–Crippen LogP) is 4.75. The number of allylic oxidation sites excluding steroid dienone is 1. The van der Waals surface area contributed by atoms with Crippen LogP contribution in [0.15, 0.2) is 24.3 Å². The molecule has 6 rings (SSSR count). The minimum Gasteiger partial charge on any atom is -0.497 e. The number of carbonyl (C=O) groups is 1. The number of nitrogens with one attached hydrogen (secondary N) is 1. The molecule has 4 saturated carbocycles. The maximum atomic E-state index is 13.6. The van der Waals surface area contributed by atoms with Gasteiger partial charge in [0.25, 0.3) is 0 Å². The summed E-state index contributed by atoms with van der Waals surface area (Å²) in [4.78, 5) is 13.6. The lowest BCUT2D eigenvalue weighted by molar-refractivity contribution is -0.138. The lowest BCUT2D eigenvalue weighted by atomic mass is 9.48. The topological polar surface area (TPSA) is 38.3 Å². The molecule has 0 aromatic heterocycles. The molecule has 4 bridgehead atoms. The van der Waals surface area contributed by atoms with E-state index in [0.717, 1.165) is 60.4 Å². The van der Waals surface area contributed by atoms with Gasteiger partial charge in [-0.1, -0.05) is 0 Å². The van der Waals surface area contributed by atoms with Gasteiger partial charge >= 0.3 is 0 Å². The van der Waals surface area contributed by atoms with Crippen LogP contribution in [0.4, 0.5) is 0 Å². The number of ether oxygens (including phenoxy) is 1. The molecule has 144 valence electrons. The number of carbonyl (C=O) groups excluding carboxylic acids is 1. The summed E-state index contributed by atoms with van der Waals surface area (Å²) < 4.78 is 5.42. The summed E-state index contributed by atoms with van der Waals surface area (Å²) in [6.45, 7) is 4.41. The predicted molar refractivity (Wildman–Crippen MR) is 108 cm³/mol. The van der Waals surface area contributed by atoms with Gasteiger partial charge in [0, 0.05) is 28.3 Å². The van der Waals surface area contributed by atoms with E-state index in [2.05, 4.69) is 31.3 Å². The first kappa shape index (κ1) is 17.3. The number of hydrogen-bond donors (Lipinski definition) is 1. The Morgan fingerprint density at radius 1 is 1.11 bits per heavy atom. The molecule has 1 heterocycles. The van der Waals surface area contributed by atoms with Crippen LogP contribution in [-0.4, -0.2) is 18.4 Å². The molecule has 0 spiro atoms. The SMILES string of the molecule is COc1ccc2c(c1)CC(C)(C)N/C2=C\C(=O)C12CC3CC(CC(C3)C1)C2. The smallest absolute Gasteiger partial charge is 0.163 e. The molecule has 4 aliphatic carbocycles. The molecule has 4 fully saturated rings. The van der Waals surface area contributed by atoms with Crippen molar-refractivity contribution in [3.8, 4) is 5.75 Å². The Labute approximate surface area is 162 Å². The molecular weight excluding hydrogens is 334 g/mol. The van der Waals surface area contributed by atoms with Crippen molar-refractivity contribution in [3.05, 3.63) is 35.4 Å². The van der Waals surface area contributed by atoms with E-state index in [9.17, 15) is 4.79 Å². The number of benzene rings is 1. The fraction of sp³-hybridized carbons (Fsp3) is 0.625. The zero-order chi connectivity index (χ0) is 18.8. The molecule has 3 heteroatoms. The molecule has 5 aliphatic rings. The average molecular weight is 366 g/mol. The van der Waals surface area contributed by atoms with Gasteiger partial charge in [-0.3, -0.25) is 4.79 Å². The van der Waals surface area contributed by atoms with Crippen LogP contribution in [0.5, 0.6) is 5.75 Å². The van der Waals surface area contributed by atoms with Crippen LogP contribution in [0.25, 0.3) is 5.70 Å². The van der Waals surface area contributed by atoms with Gasteiger partial charge in [0.05, 0.1) is 7.11 Å². The minimum atomic E-state index is -0.0718. The summed E-state index contributed by atoms with van der Waals surface area (Å²) in [5.74, 6) is 3.66. The van der Waals surface area contributed by atoms with Crippen molar-refractivity contribution in [2.75, 3.05) is 7.11 Å². The van der Waals surface area contributed by atoms with E-state index in [4.69, 9.17) is 4.74 Å². The fourth-order valence-electron chi connectivity index (χ4n) is 6.87. The van der Waals surface area contributed by atoms with E-state index < -0.39 is 0 Å². The van der Waals surface area contributed by atoms with E-state index in [1.807, 2.05) is 12.1 Å². The third kappa shape index (κ3) is 2.90. The first-order valence-corrected chi connectivity index (χ1v) is 10.6.